The molecule has 68 valence electrons. The molecule has 3 nitrogen and oxygen atoms in total. The number of carbonyl (C=O) groups is 1. The van der Waals surface area contributed by atoms with Gasteiger partial charge in [-0.25, -0.2) is 0 Å². The van der Waals surface area contributed by atoms with Crippen LogP contribution in [0.25, 0.3) is 0 Å². The summed E-state index contributed by atoms with van der Waals surface area (Å²) in [6.07, 6.45) is 6.42. The third-order valence-electron chi connectivity index (χ3n) is 2.96. The van der Waals surface area contributed by atoms with Crippen LogP contribution >= 0.6 is 0 Å². The van der Waals surface area contributed by atoms with Crippen LogP contribution in [0.1, 0.15) is 25.7 Å². The average molecular weight is 168 g/mol. The lowest BCUT2D eigenvalue weighted by atomic mass is 10.3. The van der Waals surface area contributed by atoms with E-state index in [0.29, 0.717) is 6.17 Å². The third-order valence-corrected chi connectivity index (χ3v) is 2.96. The van der Waals surface area contributed by atoms with Gasteiger partial charge in [-0.3, -0.25) is 9.69 Å². The molecule has 2 heterocycles. The highest BCUT2D eigenvalue weighted by Crippen LogP contribution is 2.22. The summed E-state index contributed by atoms with van der Waals surface area (Å²) >= 11 is 0. The van der Waals surface area contributed by atoms with Crippen LogP contribution in [0, 0.1) is 0 Å². The van der Waals surface area contributed by atoms with E-state index in [2.05, 4.69) is 4.90 Å². The minimum absolute atomic E-state index is 0.435. The highest BCUT2D eigenvalue weighted by atomic mass is 16.1. The van der Waals surface area contributed by atoms with Crippen molar-refractivity contribution < 1.29 is 4.79 Å². The number of likely N-dealkylation sites (tertiary alicyclic amines) is 2. The molecule has 1 amide bonds. The van der Waals surface area contributed by atoms with Crippen LogP contribution in [0.3, 0.4) is 0 Å². The van der Waals surface area contributed by atoms with E-state index in [9.17, 15) is 4.79 Å². The van der Waals surface area contributed by atoms with Crippen molar-refractivity contribution in [3.05, 3.63) is 0 Å². The molecular formula is C9H16N2O. The van der Waals surface area contributed by atoms with Crippen LogP contribution in [0.2, 0.25) is 0 Å². The van der Waals surface area contributed by atoms with Crippen LogP contribution < -0.4 is 0 Å². The largest absolute Gasteiger partial charge is 0.330 e. The molecule has 0 radical (unpaired) electrons. The molecule has 2 aliphatic rings. The molecule has 0 aromatic carbocycles. The summed E-state index contributed by atoms with van der Waals surface area (Å²) in [5.74, 6) is 0. The number of hydrogen-bond donors (Lipinski definition) is 0. The van der Waals surface area contributed by atoms with Crippen LogP contribution in [0.15, 0.2) is 0 Å². The SMILES string of the molecule is O=CN1CCC[C@H]1N1CCCC1. The number of rotatable bonds is 2. The van der Waals surface area contributed by atoms with Gasteiger partial charge >= 0.3 is 0 Å². The zero-order chi connectivity index (χ0) is 8.39. The molecule has 2 fully saturated rings. The standard InChI is InChI=1S/C9H16N2O/c12-8-11-7-3-4-9(11)10-5-1-2-6-10/h8-9H,1-7H2/t9-/m0/s1. The Hall–Kier alpha value is -0.570. The quantitative estimate of drug-likeness (QED) is 0.565. The Morgan fingerprint density at radius 2 is 1.83 bits per heavy atom. The lowest BCUT2D eigenvalue weighted by Crippen LogP contribution is -2.42. The summed E-state index contributed by atoms with van der Waals surface area (Å²) in [5.41, 5.74) is 0. The molecule has 2 saturated heterocycles. The van der Waals surface area contributed by atoms with Crippen molar-refractivity contribution in [1.82, 2.24) is 9.80 Å². The monoisotopic (exact) mass is 168 g/mol. The molecule has 0 spiro atoms. The van der Waals surface area contributed by atoms with Gasteiger partial charge < -0.3 is 4.90 Å². The average Bonchev–Trinajstić information content (AvgIpc) is 2.74. The Morgan fingerprint density at radius 3 is 2.50 bits per heavy atom. The fraction of sp³-hybridized carbons (Fsp3) is 0.889. The minimum atomic E-state index is 0.435. The Labute approximate surface area is 73.3 Å². The van der Waals surface area contributed by atoms with E-state index in [1.807, 2.05) is 4.90 Å². The molecule has 2 aliphatic heterocycles. The molecule has 1 atom stereocenters. The van der Waals surface area contributed by atoms with Gasteiger partial charge in [0.25, 0.3) is 0 Å². The first-order chi connectivity index (χ1) is 5.92. The molecule has 0 aliphatic carbocycles. The van der Waals surface area contributed by atoms with Gasteiger partial charge in [0, 0.05) is 19.6 Å². The molecule has 2 rings (SSSR count). The van der Waals surface area contributed by atoms with Crippen molar-refractivity contribution in [3.63, 3.8) is 0 Å². The fourth-order valence-corrected chi connectivity index (χ4v) is 2.33. The van der Waals surface area contributed by atoms with Crippen LogP contribution in [0.5, 0.6) is 0 Å². The van der Waals surface area contributed by atoms with Gasteiger partial charge in [0.2, 0.25) is 6.41 Å². The van der Waals surface area contributed by atoms with Gasteiger partial charge in [-0.15, -0.1) is 0 Å². The summed E-state index contributed by atoms with van der Waals surface area (Å²) in [6, 6.07) is 0. The van der Waals surface area contributed by atoms with Gasteiger partial charge in [-0.05, 0) is 25.7 Å². The van der Waals surface area contributed by atoms with E-state index in [1.165, 1.54) is 38.8 Å². The molecule has 0 aromatic heterocycles. The molecule has 0 bridgehead atoms. The predicted octanol–water partition coefficient (Wildman–Crippen LogP) is 0.660. The summed E-state index contributed by atoms with van der Waals surface area (Å²) in [7, 11) is 0. The Bertz CT molecular complexity index is 166. The second-order valence-corrected chi connectivity index (χ2v) is 3.71. The van der Waals surface area contributed by atoms with Gasteiger partial charge in [0.15, 0.2) is 0 Å². The van der Waals surface area contributed by atoms with Crippen molar-refractivity contribution in [1.29, 1.82) is 0 Å². The van der Waals surface area contributed by atoms with E-state index in [-0.39, 0.29) is 0 Å². The van der Waals surface area contributed by atoms with Crippen LogP contribution in [-0.4, -0.2) is 42.0 Å². The second kappa shape index (κ2) is 3.44. The van der Waals surface area contributed by atoms with E-state index >= 15 is 0 Å². The number of nitrogens with zero attached hydrogens (tertiary/aromatic N) is 2. The molecule has 0 aromatic rings. The highest BCUT2D eigenvalue weighted by molar-refractivity contribution is 5.48. The maximum atomic E-state index is 10.7. The maximum absolute atomic E-state index is 10.7. The lowest BCUT2D eigenvalue weighted by Gasteiger charge is -2.29. The van der Waals surface area contributed by atoms with Crippen LogP contribution in [0.4, 0.5) is 0 Å². The molecular weight excluding hydrogens is 152 g/mol. The van der Waals surface area contributed by atoms with Crippen molar-refractivity contribution in [2.75, 3.05) is 19.6 Å². The first-order valence-corrected chi connectivity index (χ1v) is 4.87. The zero-order valence-corrected chi connectivity index (χ0v) is 7.41. The molecule has 0 N–H and O–H groups in total. The predicted molar refractivity (Wildman–Crippen MR) is 46.6 cm³/mol. The third kappa shape index (κ3) is 1.33. The van der Waals surface area contributed by atoms with Crippen molar-refractivity contribution in [3.8, 4) is 0 Å². The van der Waals surface area contributed by atoms with Gasteiger partial charge in [-0.2, -0.15) is 0 Å². The van der Waals surface area contributed by atoms with E-state index < -0.39 is 0 Å². The van der Waals surface area contributed by atoms with E-state index in [4.69, 9.17) is 0 Å². The highest BCUT2D eigenvalue weighted by Gasteiger charge is 2.29. The van der Waals surface area contributed by atoms with E-state index in [1.54, 1.807) is 0 Å². The summed E-state index contributed by atoms with van der Waals surface area (Å²) in [6.45, 7) is 3.34. The fourth-order valence-electron chi connectivity index (χ4n) is 2.33. The normalized spacial score (nSPS) is 31.3. The van der Waals surface area contributed by atoms with Crippen molar-refractivity contribution >= 4 is 6.41 Å². The lowest BCUT2D eigenvalue weighted by molar-refractivity contribution is -0.121. The minimum Gasteiger partial charge on any atom is -0.330 e. The number of carbonyl (C=O) groups excluding carboxylic acids is 1. The van der Waals surface area contributed by atoms with Gasteiger partial charge in [0.05, 0.1) is 6.17 Å². The molecule has 3 heteroatoms. The molecule has 0 saturated carbocycles. The maximum Gasteiger partial charge on any atom is 0.210 e. The topological polar surface area (TPSA) is 23.6 Å². The number of hydrogen-bond acceptors (Lipinski definition) is 2. The molecule has 0 unspecified atom stereocenters. The summed E-state index contributed by atoms with van der Waals surface area (Å²) in [4.78, 5) is 15.1. The van der Waals surface area contributed by atoms with Gasteiger partial charge in [-0.1, -0.05) is 0 Å². The zero-order valence-electron chi connectivity index (χ0n) is 7.41. The first kappa shape index (κ1) is 8.05. The second-order valence-electron chi connectivity index (χ2n) is 3.71. The van der Waals surface area contributed by atoms with E-state index in [0.717, 1.165) is 13.0 Å². The number of amides is 1. The van der Waals surface area contributed by atoms with Crippen molar-refractivity contribution in [2.45, 2.75) is 31.8 Å². The summed E-state index contributed by atoms with van der Waals surface area (Å²) in [5, 5.41) is 0. The van der Waals surface area contributed by atoms with Crippen molar-refractivity contribution in [2.24, 2.45) is 0 Å². The smallest absolute Gasteiger partial charge is 0.210 e. The Balaban J connectivity index is 1.96. The van der Waals surface area contributed by atoms with Gasteiger partial charge in [0.1, 0.15) is 0 Å². The Morgan fingerprint density at radius 1 is 1.08 bits per heavy atom. The summed E-state index contributed by atoms with van der Waals surface area (Å²) < 4.78 is 0. The van der Waals surface area contributed by atoms with Crippen LogP contribution in [-0.2, 0) is 4.79 Å². The molecule has 12 heavy (non-hydrogen) atoms. The first-order valence-electron chi connectivity index (χ1n) is 4.87. The Kier molecular flexibility index (Phi) is 2.30.